The van der Waals surface area contributed by atoms with E-state index in [1.54, 1.807) is 0 Å². The van der Waals surface area contributed by atoms with Crippen molar-refractivity contribution in [2.75, 3.05) is 31.2 Å². The van der Waals surface area contributed by atoms with Crippen LogP contribution in [0.4, 0.5) is 5.69 Å². The minimum absolute atomic E-state index is 0.115. The molecule has 8 nitrogen and oxygen atoms in total. The number of para-hydroxylation sites is 1. The van der Waals surface area contributed by atoms with E-state index < -0.39 is 11.4 Å². The highest BCUT2D eigenvalue weighted by Gasteiger charge is 2.95. The van der Waals surface area contributed by atoms with Crippen LogP contribution in [0.5, 0.6) is 0 Å². The van der Waals surface area contributed by atoms with Gasteiger partial charge in [-0.1, -0.05) is 12.1 Å². The Morgan fingerprint density at radius 3 is 2.54 bits per heavy atom. The minimum Gasteiger partial charge on any atom is -0.481 e. The first kappa shape index (κ1) is 20.9. The molecule has 3 saturated carbocycles. The molecule has 0 unspecified atom stereocenters. The summed E-state index contributed by atoms with van der Waals surface area (Å²) < 4.78 is 7.51. The van der Waals surface area contributed by atoms with Crippen molar-refractivity contribution in [2.45, 2.75) is 37.8 Å². The van der Waals surface area contributed by atoms with E-state index in [2.05, 4.69) is 20.9 Å². The third-order valence-electron chi connectivity index (χ3n) is 8.85. The van der Waals surface area contributed by atoms with Crippen LogP contribution >= 0.6 is 0 Å². The summed E-state index contributed by atoms with van der Waals surface area (Å²) in [5, 5.41) is 13.9. The molecule has 7 rings (SSSR count). The van der Waals surface area contributed by atoms with E-state index in [0.717, 1.165) is 61.4 Å². The van der Waals surface area contributed by atoms with Gasteiger partial charge in [0.15, 0.2) is 0 Å². The predicted octanol–water partition coefficient (Wildman–Crippen LogP) is 3.05. The number of morpholine rings is 1. The summed E-state index contributed by atoms with van der Waals surface area (Å²) in [6.45, 7) is 3.79. The Hall–Kier alpha value is -3.39. The van der Waals surface area contributed by atoms with Gasteiger partial charge < -0.3 is 24.6 Å². The molecule has 3 aromatic rings. The smallest absolute Gasteiger partial charge is 0.310 e. The molecule has 1 amide bonds. The van der Waals surface area contributed by atoms with E-state index in [-0.39, 0.29) is 16.9 Å². The number of rotatable bonds is 7. The minimum atomic E-state index is -0.707. The lowest BCUT2D eigenvalue weighted by atomic mass is 10.0. The van der Waals surface area contributed by atoms with Gasteiger partial charge in [-0.05, 0) is 49.9 Å². The highest BCUT2D eigenvalue weighted by Crippen LogP contribution is 2.93. The molecule has 1 aliphatic heterocycles. The normalized spacial score (nSPS) is 27.8. The van der Waals surface area contributed by atoms with Gasteiger partial charge in [0.2, 0.25) is 0 Å². The largest absolute Gasteiger partial charge is 0.481 e. The van der Waals surface area contributed by atoms with Gasteiger partial charge in [-0.2, -0.15) is 0 Å². The summed E-state index contributed by atoms with van der Waals surface area (Å²) in [5.74, 6) is -0.822. The number of ether oxygens (including phenoxy) is 1. The second-order valence-electron chi connectivity index (χ2n) is 10.7. The number of aliphatic carboxylic acids is 1. The fourth-order valence-electron chi connectivity index (χ4n) is 6.44. The van der Waals surface area contributed by atoms with Gasteiger partial charge in [-0.25, -0.2) is 0 Å². The molecule has 3 aliphatic carbocycles. The summed E-state index contributed by atoms with van der Waals surface area (Å²) in [7, 11) is 0. The van der Waals surface area contributed by atoms with Gasteiger partial charge >= 0.3 is 5.97 Å². The zero-order chi connectivity index (χ0) is 23.8. The maximum absolute atomic E-state index is 13.5. The number of amides is 1. The Kier molecular flexibility index (Phi) is 4.23. The number of benzene rings is 1. The summed E-state index contributed by atoms with van der Waals surface area (Å²) >= 11 is 0. The molecule has 0 atom stereocenters. The average molecular weight is 473 g/mol. The van der Waals surface area contributed by atoms with E-state index in [1.807, 2.05) is 42.7 Å². The van der Waals surface area contributed by atoms with E-state index in [9.17, 15) is 14.7 Å². The highest BCUT2D eigenvalue weighted by atomic mass is 16.5. The van der Waals surface area contributed by atoms with Crippen molar-refractivity contribution in [2.24, 2.45) is 10.8 Å². The quantitative estimate of drug-likeness (QED) is 0.549. The van der Waals surface area contributed by atoms with Gasteiger partial charge in [0.1, 0.15) is 0 Å². The zero-order valence-electron chi connectivity index (χ0n) is 19.5. The molecule has 2 N–H and O–H groups in total. The van der Waals surface area contributed by atoms with Crippen molar-refractivity contribution < 1.29 is 19.4 Å². The number of hydrogen-bond donors (Lipinski definition) is 2. The van der Waals surface area contributed by atoms with E-state index >= 15 is 0 Å². The molecule has 4 fully saturated rings. The Bertz CT molecular complexity index is 1350. The van der Waals surface area contributed by atoms with Crippen LogP contribution in [-0.4, -0.2) is 58.4 Å². The summed E-state index contributed by atoms with van der Waals surface area (Å²) in [6.07, 6.45) is 7.04. The van der Waals surface area contributed by atoms with Crippen LogP contribution in [0.1, 0.15) is 41.7 Å². The SMILES string of the molecule is O=C(NC1(C23CC2(C(=O)O)C3)CC1)c1cccc2ccn(Cc3ccc(N4CCOCC4)cn3)c12. The number of nitrogens with zero attached hydrogens (tertiary/aromatic N) is 3. The first-order valence-electron chi connectivity index (χ1n) is 12.4. The number of carboxylic acids is 1. The topological polar surface area (TPSA) is 96.7 Å². The van der Waals surface area contributed by atoms with Crippen LogP contribution in [0.15, 0.2) is 48.8 Å². The van der Waals surface area contributed by atoms with Gasteiger partial charge in [0.05, 0.1) is 53.8 Å². The van der Waals surface area contributed by atoms with Gasteiger partial charge in [-0.3, -0.25) is 14.6 Å². The summed E-state index contributed by atoms with van der Waals surface area (Å²) in [5.41, 5.74) is 2.39. The Morgan fingerprint density at radius 2 is 1.89 bits per heavy atom. The van der Waals surface area contributed by atoms with Gasteiger partial charge in [0, 0.05) is 35.6 Å². The lowest BCUT2D eigenvalue weighted by molar-refractivity contribution is -0.141. The molecule has 180 valence electrons. The second kappa shape index (κ2) is 7.07. The molecule has 4 aliphatic rings. The fourth-order valence-corrected chi connectivity index (χ4v) is 6.44. The number of fused-ring (bicyclic) bond motifs is 2. The molecule has 0 radical (unpaired) electrons. The molecule has 3 heterocycles. The molecule has 8 heteroatoms. The van der Waals surface area contributed by atoms with Crippen molar-refractivity contribution in [3.05, 3.63) is 60.0 Å². The van der Waals surface area contributed by atoms with Crippen molar-refractivity contribution in [3.63, 3.8) is 0 Å². The van der Waals surface area contributed by atoms with Crippen LogP contribution in [0.3, 0.4) is 0 Å². The number of anilines is 1. The van der Waals surface area contributed by atoms with Crippen LogP contribution in [0.2, 0.25) is 0 Å². The molecule has 1 saturated heterocycles. The number of carboxylic acid groups (broad SMARTS) is 1. The molecule has 35 heavy (non-hydrogen) atoms. The van der Waals surface area contributed by atoms with Crippen molar-refractivity contribution in [1.29, 1.82) is 0 Å². The fraction of sp³-hybridized carbons (Fsp3) is 0.444. The number of pyridine rings is 1. The molecule has 2 aromatic heterocycles. The zero-order valence-corrected chi connectivity index (χ0v) is 19.5. The van der Waals surface area contributed by atoms with Gasteiger partial charge in [-0.15, -0.1) is 0 Å². The van der Waals surface area contributed by atoms with Crippen molar-refractivity contribution in [1.82, 2.24) is 14.9 Å². The van der Waals surface area contributed by atoms with E-state index in [1.165, 1.54) is 0 Å². The highest BCUT2D eigenvalue weighted by molar-refractivity contribution is 6.06. The Morgan fingerprint density at radius 1 is 1.09 bits per heavy atom. The number of carbonyl (C=O) groups is 2. The lowest BCUT2D eigenvalue weighted by Crippen LogP contribution is -2.41. The van der Waals surface area contributed by atoms with Crippen LogP contribution in [0.25, 0.3) is 10.9 Å². The third kappa shape index (κ3) is 2.99. The monoisotopic (exact) mass is 472 g/mol. The average Bonchev–Trinajstić information content (AvgIpc) is 3.79. The molecular formula is C27H28N4O4. The molecular weight excluding hydrogens is 444 g/mol. The Labute approximate surface area is 202 Å². The maximum Gasteiger partial charge on any atom is 0.310 e. The number of aromatic nitrogens is 2. The van der Waals surface area contributed by atoms with E-state index in [0.29, 0.717) is 24.9 Å². The predicted molar refractivity (Wildman–Crippen MR) is 129 cm³/mol. The van der Waals surface area contributed by atoms with Crippen LogP contribution < -0.4 is 10.2 Å². The summed E-state index contributed by atoms with van der Waals surface area (Å²) in [4.78, 5) is 32.2. The van der Waals surface area contributed by atoms with Crippen molar-refractivity contribution >= 4 is 28.5 Å². The van der Waals surface area contributed by atoms with Crippen molar-refractivity contribution in [3.8, 4) is 0 Å². The Balaban J connectivity index is 1.13. The van der Waals surface area contributed by atoms with Gasteiger partial charge in [0.25, 0.3) is 5.91 Å². The molecule has 0 bridgehead atoms. The summed E-state index contributed by atoms with van der Waals surface area (Å²) in [6, 6.07) is 12.0. The molecule has 0 spiro atoms. The number of carbonyl (C=O) groups excluding carboxylic acids is 1. The van der Waals surface area contributed by atoms with Crippen LogP contribution in [-0.2, 0) is 16.1 Å². The van der Waals surface area contributed by atoms with Crippen LogP contribution in [0, 0.1) is 10.8 Å². The maximum atomic E-state index is 13.5. The molecule has 1 aromatic carbocycles. The number of nitrogens with one attached hydrogen (secondary N) is 1. The lowest BCUT2D eigenvalue weighted by Gasteiger charge is -2.28. The second-order valence-corrected chi connectivity index (χ2v) is 10.7. The standard InChI is InChI=1S/C27H28N4O4/c32-23(29-27(7-8-27)26-16-25(26,17-26)24(33)34)21-3-1-2-18-6-9-31(22(18)21)15-19-4-5-20(14-28-19)30-10-12-35-13-11-30/h1-6,9,14H,7-8,10-13,15-17H2,(H,29,32)(H,33,34). The first-order valence-corrected chi connectivity index (χ1v) is 12.4. The third-order valence-corrected chi connectivity index (χ3v) is 8.85. The van der Waals surface area contributed by atoms with E-state index in [4.69, 9.17) is 9.72 Å². The number of hydrogen-bond acceptors (Lipinski definition) is 5. The first-order chi connectivity index (χ1) is 17.0.